The van der Waals surface area contributed by atoms with Crippen molar-refractivity contribution in [1.29, 1.82) is 0 Å². The lowest BCUT2D eigenvalue weighted by atomic mass is 10.2. The normalized spacial score (nSPS) is 10.6. The van der Waals surface area contributed by atoms with Crippen LogP contribution < -0.4 is 10.9 Å². The Labute approximate surface area is 152 Å². The van der Waals surface area contributed by atoms with E-state index in [-0.39, 0.29) is 11.5 Å². The van der Waals surface area contributed by atoms with E-state index in [4.69, 9.17) is 0 Å². The van der Waals surface area contributed by atoms with Crippen molar-refractivity contribution >= 4 is 34.1 Å². The number of carbonyl (C=O) groups is 1. The number of nitrogens with zero attached hydrogens (tertiary/aromatic N) is 3. The summed E-state index contributed by atoms with van der Waals surface area (Å²) in [6.07, 6.45) is 1.56. The highest BCUT2D eigenvalue weighted by atomic mass is 32.2. The van der Waals surface area contributed by atoms with Crippen LogP contribution in [0.5, 0.6) is 0 Å². The maximum atomic E-state index is 12.4. The molecule has 6 nitrogen and oxygen atoms in total. The number of rotatable bonds is 6. The van der Waals surface area contributed by atoms with Gasteiger partial charge in [0.2, 0.25) is 5.13 Å². The summed E-state index contributed by atoms with van der Waals surface area (Å²) in [7, 11) is 0. The van der Waals surface area contributed by atoms with Crippen LogP contribution in [0.25, 0.3) is 0 Å². The minimum atomic E-state index is -0.314. The number of amides is 1. The Morgan fingerprint density at radius 3 is 2.76 bits per heavy atom. The van der Waals surface area contributed by atoms with Crippen molar-refractivity contribution in [2.24, 2.45) is 0 Å². The monoisotopic (exact) mass is 372 g/mol. The van der Waals surface area contributed by atoms with Crippen molar-refractivity contribution in [3.8, 4) is 0 Å². The summed E-state index contributed by atoms with van der Waals surface area (Å²) < 4.78 is 2.33. The molecule has 0 bridgehead atoms. The van der Waals surface area contributed by atoms with Crippen LogP contribution in [-0.4, -0.2) is 26.4 Å². The lowest BCUT2D eigenvalue weighted by Gasteiger charge is -2.08. The minimum Gasteiger partial charge on any atom is -0.310 e. The third kappa shape index (κ3) is 4.55. The molecular weight excluding hydrogens is 356 g/mol. The molecule has 0 aliphatic rings. The van der Waals surface area contributed by atoms with Crippen LogP contribution in [0.3, 0.4) is 0 Å². The molecule has 1 N–H and O–H groups in total. The third-order valence-corrected chi connectivity index (χ3v) is 5.19. The van der Waals surface area contributed by atoms with Crippen molar-refractivity contribution in [2.75, 3.05) is 11.1 Å². The van der Waals surface area contributed by atoms with Gasteiger partial charge in [0.15, 0.2) is 4.34 Å². The molecule has 3 aromatic rings. The van der Waals surface area contributed by atoms with E-state index in [0.717, 1.165) is 15.7 Å². The van der Waals surface area contributed by atoms with E-state index in [9.17, 15) is 9.59 Å². The zero-order valence-corrected chi connectivity index (χ0v) is 15.1. The smallest absolute Gasteiger partial charge is 0.258 e. The standard InChI is InChI=1S/C17H16N4O2S2/c1-2-24-17-20-19-16(25-17)18-15(23)13-8-9-14(22)21(11-13)10-12-6-4-3-5-7-12/h3-9,11H,2,10H2,1H3,(H,18,19,23). The first-order chi connectivity index (χ1) is 12.2. The van der Waals surface area contributed by atoms with Gasteiger partial charge < -0.3 is 4.57 Å². The van der Waals surface area contributed by atoms with E-state index in [2.05, 4.69) is 15.5 Å². The molecule has 0 radical (unpaired) electrons. The van der Waals surface area contributed by atoms with Gasteiger partial charge in [-0.05, 0) is 17.4 Å². The Morgan fingerprint density at radius 1 is 1.20 bits per heavy atom. The highest BCUT2D eigenvalue weighted by molar-refractivity contribution is 8.01. The second-order valence-corrected chi connectivity index (χ2v) is 7.62. The zero-order chi connectivity index (χ0) is 17.6. The first-order valence-corrected chi connectivity index (χ1v) is 9.48. The average Bonchev–Trinajstić information content (AvgIpc) is 3.05. The number of pyridine rings is 1. The van der Waals surface area contributed by atoms with E-state index in [1.807, 2.05) is 37.3 Å². The molecule has 0 saturated heterocycles. The van der Waals surface area contributed by atoms with Gasteiger partial charge in [0.25, 0.3) is 11.5 Å². The van der Waals surface area contributed by atoms with Crippen LogP contribution in [0.2, 0.25) is 0 Å². The molecule has 2 aromatic heterocycles. The highest BCUT2D eigenvalue weighted by Gasteiger charge is 2.12. The summed E-state index contributed by atoms with van der Waals surface area (Å²) in [4.78, 5) is 24.4. The van der Waals surface area contributed by atoms with Crippen molar-refractivity contribution in [2.45, 2.75) is 17.8 Å². The summed E-state index contributed by atoms with van der Waals surface area (Å²) in [6.45, 7) is 2.44. The largest absolute Gasteiger partial charge is 0.310 e. The van der Waals surface area contributed by atoms with E-state index in [0.29, 0.717) is 17.2 Å². The number of nitrogens with one attached hydrogen (secondary N) is 1. The fraction of sp³-hybridized carbons (Fsp3) is 0.176. The van der Waals surface area contributed by atoms with Crippen molar-refractivity contribution in [3.63, 3.8) is 0 Å². The van der Waals surface area contributed by atoms with E-state index < -0.39 is 0 Å². The predicted octanol–water partition coefficient (Wildman–Crippen LogP) is 3.11. The Hall–Kier alpha value is -2.45. The van der Waals surface area contributed by atoms with Crippen LogP contribution in [0.1, 0.15) is 22.8 Å². The molecule has 0 spiro atoms. The number of thioether (sulfide) groups is 1. The van der Waals surface area contributed by atoms with Gasteiger partial charge in [0.1, 0.15) is 0 Å². The molecule has 0 saturated carbocycles. The molecular formula is C17H16N4O2S2. The number of carbonyl (C=O) groups excluding carboxylic acids is 1. The second kappa shape index (κ2) is 8.09. The summed E-state index contributed by atoms with van der Waals surface area (Å²) in [6, 6.07) is 12.5. The zero-order valence-electron chi connectivity index (χ0n) is 13.5. The molecule has 1 amide bonds. The van der Waals surface area contributed by atoms with Gasteiger partial charge in [-0.1, -0.05) is 60.4 Å². The van der Waals surface area contributed by atoms with Gasteiger partial charge in [-0.15, -0.1) is 10.2 Å². The SMILES string of the molecule is CCSc1nnc(NC(=O)c2ccc(=O)n(Cc3ccccc3)c2)s1. The summed E-state index contributed by atoms with van der Waals surface area (Å²) in [5, 5.41) is 11.1. The van der Waals surface area contributed by atoms with Gasteiger partial charge in [-0.25, -0.2) is 0 Å². The van der Waals surface area contributed by atoms with Crippen LogP contribution in [-0.2, 0) is 6.54 Å². The summed E-state index contributed by atoms with van der Waals surface area (Å²) in [5.41, 5.74) is 1.24. The highest BCUT2D eigenvalue weighted by Crippen LogP contribution is 2.25. The van der Waals surface area contributed by atoms with Gasteiger partial charge >= 0.3 is 0 Å². The van der Waals surface area contributed by atoms with Gasteiger partial charge in [-0.2, -0.15) is 0 Å². The van der Waals surface area contributed by atoms with Gasteiger partial charge in [0, 0.05) is 12.3 Å². The van der Waals surface area contributed by atoms with Crippen LogP contribution in [0.15, 0.2) is 57.8 Å². The number of benzene rings is 1. The Balaban J connectivity index is 1.76. The molecule has 0 unspecified atom stereocenters. The van der Waals surface area contributed by atoms with Gasteiger partial charge in [0.05, 0.1) is 12.1 Å². The molecule has 25 heavy (non-hydrogen) atoms. The quantitative estimate of drug-likeness (QED) is 0.531. The minimum absolute atomic E-state index is 0.155. The number of hydrogen-bond donors (Lipinski definition) is 1. The van der Waals surface area contributed by atoms with Crippen LogP contribution in [0, 0.1) is 0 Å². The molecule has 1 aromatic carbocycles. The lowest BCUT2D eigenvalue weighted by Crippen LogP contribution is -2.22. The molecule has 0 aliphatic carbocycles. The Kier molecular flexibility index (Phi) is 5.62. The molecule has 0 atom stereocenters. The lowest BCUT2D eigenvalue weighted by molar-refractivity contribution is 0.102. The topological polar surface area (TPSA) is 76.9 Å². The molecule has 3 rings (SSSR count). The second-order valence-electron chi connectivity index (χ2n) is 5.13. The Morgan fingerprint density at radius 2 is 2.00 bits per heavy atom. The number of aromatic nitrogens is 3. The summed E-state index contributed by atoms with van der Waals surface area (Å²) >= 11 is 2.90. The van der Waals surface area contributed by atoms with E-state index in [1.165, 1.54) is 28.0 Å². The van der Waals surface area contributed by atoms with Crippen molar-refractivity contribution in [1.82, 2.24) is 14.8 Å². The maximum absolute atomic E-state index is 12.4. The molecule has 2 heterocycles. The first kappa shape index (κ1) is 17.4. The number of anilines is 1. The van der Waals surface area contributed by atoms with E-state index >= 15 is 0 Å². The predicted molar refractivity (Wildman–Crippen MR) is 101 cm³/mol. The molecule has 128 valence electrons. The Bertz CT molecular complexity index is 922. The maximum Gasteiger partial charge on any atom is 0.258 e. The fourth-order valence-corrected chi connectivity index (χ4v) is 3.82. The molecule has 0 aliphatic heterocycles. The van der Waals surface area contributed by atoms with Crippen LogP contribution in [0.4, 0.5) is 5.13 Å². The average molecular weight is 372 g/mol. The molecule has 8 heteroatoms. The van der Waals surface area contributed by atoms with Crippen LogP contribution >= 0.6 is 23.1 Å². The third-order valence-electron chi connectivity index (χ3n) is 3.34. The number of hydrogen-bond acceptors (Lipinski definition) is 6. The molecule has 0 fully saturated rings. The van der Waals surface area contributed by atoms with Crippen molar-refractivity contribution < 1.29 is 4.79 Å². The van der Waals surface area contributed by atoms with Gasteiger partial charge in [-0.3, -0.25) is 14.9 Å². The first-order valence-electron chi connectivity index (χ1n) is 7.68. The van der Waals surface area contributed by atoms with Crippen molar-refractivity contribution in [3.05, 3.63) is 70.1 Å². The fourth-order valence-electron chi connectivity index (χ4n) is 2.18. The van der Waals surface area contributed by atoms with E-state index in [1.54, 1.807) is 18.0 Å². The summed E-state index contributed by atoms with van der Waals surface area (Å²) in [5.74, 6) is 0.582.